The molecule has 43 heavy (non-hydrogen) atoms. The first kappa shape index (κ1) is 27.9. The Labute approximate surface area is 252 Å². The molecular weight excluding hydrogens is 522 g/mol. The molecule has 7 aromatic rings. The summed E-state index contributed by atoms with van der Waals surface area (Å²) < 4.78 is 2.28. The van der Waals surface area contributed by atoms with Gasteiger partial charge < -0.3 is 0 Å². The van der Waals surface area contributed by atoms with Crippen LogP contribution in [-0.2, 0) is 0 Å². The van der Waals surface area contributed by atoms with E-state index >= 15 is 0 Å². The Morgan fingerprint density at radius 2 is 1.53 bits per heavy atom. The number of nitrogens with zero attached hydrogens (tertiary/aromatic N) is 3. The molecule has 0 fully saturated rings. The number of benzene rings is 5. The standard InChI is InChI=1S/C38H29N3.C2H6/c1-5-33(39-26(4)25(3)22-28-14-7-6-12-24(28)2)29-19-21-35-32(23-29)37-30-15-9-8-13-27(30)18-20-31(37)38-40-34-16-10-11-17-36(34)41(35)38;1-2/h5-23H,1,4H2,2-3H3;1-2H3/b25-22+,39-33?;. The number of rotatable bonds is 5. The van der Waals surface area contributed by atoms with Crippen molar-refractivity contribution in [3.8, 4) is 0 Å². The first-order chi connectivity index (χ1) is 21.0. The Kier molecular flexibility index (Phi) is 7.48. The zero-order valence-corrected chi connectivity index (χ0v) is 25.2. The van der Waals surface area contributed by atoms with Crippen molar-refractivity contribution in [3.63, 3.8) is 0 Å². The lowest BCUT2D eigenvalue weighted by atomic mass is 9.96. The van der Waals surface area contributed by atoms with Crippen LogP contribution in [0, 0.1) is 6.92 Å². The Morgan fingerprint density at radius 1 is 0.791 bits per heavy atom. The van der Waals surface area contributed by atoms with Crippen molar-refractivity contribution in [1.29, 1.82) is 0 Å². The maximum Gasteiger partial charge on any atom is 0.146 e. The molecule has 0 aliphatic carbocycles. The van der Waals surface area contributed by atoms with Gasteiger partial charge in [-0.1, -0.05) is 99.8 Å². The number of hydrogen-bond acceptors (Lipinski definition) is 2. The second-order valence-corrected chi connectivity index (χ2v) is 10.5. The minimum atomic E-state index is 0.717. The third-order valence-corrected chi connectivity index (χ3v) is 8.00. The predicted octanol–water partition coefficient (Wildman–Crippen LogP) is 10.9. The molecule has 0 bridgehead atoms. The number of aromatic nitrogens is 2. The molecule has 2 aromatic heterocycles. The van der Waals surface area contributed by atoms with Crippen molar-refractivity contribution in [2.45, 2.75) is 27.7 Å². The molecule has 0 unspecified atom stereocenters. The zero-order valence-electron chi connectivity index (χ0n) is 25.2. The van der Waals surface area contributed by atoms with Gasteiger partial charge in [-0.15, -0.1) is 0 Å². The van der Waals surface area contributed by atoms with E-state index in [1.54, 1.807) is 0 Å². The van der Waals surface area contributed by atoms with Gasteiger partial charge in [-0.2, -0.15) is 0 Å². The van der Waals surface area contributed by atoms with E-state index in [2.05, 4.69) is 135 Å². The molecule has 0 amide bonds. The molecule has 3 nitrogen and oxygen atoms in total. The van der Waals surface area contributed by atoms with Gasteiger partial charge in [0, 0.05) is 21.7 Å². The number of pyridine rings is 1. The second-order valence-electron chi connectivity index (χ2n) is 10.5. The molecule has 3 heteroatoms. The van der Waals surface area contributed by atoms with E-state index in [0.717, 1.165) is 55.5 Å². The quantitative estimate of drug-likeness (QED) is 0.118. The van der Waals surface area contributed by atoms with E-state index in [9.17, 15) is 0 Å². The molecule has 0 saturated heterocycles. The molecule has 0 aliphatic heterocycles. The Bertz CT molecular complexity index is 2260. The average Bonchev–Trinajstić information content (AvgIpc) is 3.45. The summed E-state index contributed by atoms with van der Waals surface area (Å²) in [5.41, 5.74) is 10.1. The number of aliphatic imine (C=N–C) groups is 1. The summed E-state index contributed by atoms with van der Waals surface area (Å²) in [5, 5.41) is 5.89. The van der Waals surface area contributed by atoms with Crippen molar-refractivity contribution in [2.24, 2.45) is 4.99 Å². The molecule has 5 aromatic carbocycles. The largest absolute Gasteiger partial charge is 0.292 e. The fraction of sp³-hybridized carbons (Fsp3) is 0.100. The minimum Gasteiger partial charge on any atom is -0.292 e. The Balaban J connectivity index is 0.00000161. The Morgan fingerprint density at radius 3 is 2.35 bits per heavy atom. The first-order valence-electron chi connectivity index (χ1n) is 14.8. The highest BCUT2D eigenvalue weighted by molar-refractivity contribution is 6.25. The summed E-state index contributed by atoms with van der Waals surface area (Å²) >= 11 is 0. The molecule has 0 N–H and O–H groups in total. The lowest BCUT2D eigenvalue weighted by molar-refractivity contribution is 1.30. The van der Waals surface area contributed by atoms with Crippen molar-refractivity contribution in [1.82, 2.24) is 9.38 Å². The van der Waals surface area contributed by atoms with Gasteiger partial charge in [0.2, 0.25) is 0 Å². The number of fused-ring (bicyclic) bond motifs is 10. The fourth-order valence-electron chi connectivity index (χ4n) is 5.82. The molecule has 0 radical (unpaired) electrons. The summed E-state index contributed by atoms with van der Waals surface area (Å²) in [6.07, 6.45) is 3.96. The van der Waals surface area contributed by atoms with Gasteiger partial charge in [0.25, 0.3) is 0 Å². The average molecular weight is 558 g/mol. The number of allylic oxidation sites excluding steroid dienone is 2. The van der Waals surface area contributed by atoms with Crippen molar-refractivity contribution in [3.05, 3.63) is 150 Å². The predicted molar refractivity (Wildman–Crippen MR) is 187 cm³/mol. The minimum absolute atomic E-state index is 0.717. The van der Waals surface area contributed by atoms with Gasteiger partial charge >= 0.3 is 0 Å². The molecule has 0 saturated carbocycles. The summed E-state index contributed by atoms with van der Waals surface area (Å²) in [6.45, 7) is 16.6. The van der Waals surface area contributed by atoms with Crippen molar-refractivity contribution in [2.75, 3.05) is 0 Å². The molecule has 7 rings (SSSR count). The topological polar surface area (TPSA) is 29.7 Å². The van der Waals surface area contributed by atoms with Crippen molar-refractivity contribution < 1.29 is 0 Å². The van der Waals surface area contributed by atoms with Crippen LogP contribution in [0.1, 0.15) is 37.5 Å². The number of hydrogen-bond donors (Lipinski definition) is 0. The lowest BCUT2D eigenvalue weighted by Gasteiger charge is -2.13. The highest BCUT2D eigenvalue weighted by Crippen LogP contribution is 2.37. The zero-order chi connectivity index (χ0) is 30.1. The normalized spacial score (nSPS) is 12.2. The smallest absolute Gasteiger partial charge is 0.146 e. The number of imidazole rings is 1. The van der Waals surface area contributed by atoms with E-state index in [4.69, 9.17) is 9.98 Å². The van der Waals surface area contributed by atoms with E-state index in [1.165, 1.54) is 27.3 Å². The molecule has 0 atom stereocenters. The van der Waals surface area contributed by atoms with Crippen LogP contribution < -0.4 is 0 Å². The van der Waals surface area contributed by atoms with Crippen LogP contribution in [0.4, 0.5) is 0 Å². The van der Waals surface area contributed by atoms with Crippen LogP contribution in [0.15, 0.2) is 139 Å². The van der Waals surface area contributed by atoms with Crippen LogP contribution in [0.5, 0.6) is 0 Å². The Hall–Kier alpha value is -5.28. The first-order valence-corrected chi connectivity index (χ1v) is 14.8. The van der Waals surface area contributed by atoms with E-state index in [1.807, 2.05) is 26.0 Å². The number of aryl methyl sites for hydroxylation is 1. The van der Waals surface area contributed by atoms with Crippen LogP contribution in [0.3, 0.4) is 0 Å². The fourth-order valence-corrected chi connectivity index (χ4v) is 5.82. The van der Waals surface area contributed by atoms with Crippen LogP contribution in [-0.4, -0.2) is 15.1 Å². The second kappa shape index (κ2) is 11.5. The monoisotopic (exact) mass is 557 g/mol. The lowest BCUT2D eigenvalue weighted by Crippen LogP contribution is -2.00. The van der Waals surface area contributed by atoms with E-state index in [0.29, 0.717) is 0 Å². The maximum absolute atomic E-state index is 5.08. The van der Waals surface area contributed by atoms with E-state index in [-0.39, 0.29) is 0 Å². The molecule has 0 aliphatic rings. The van der Waals surface area contributed by atoms with Crippen LogP contribution in [0.25, 0.3) is 55.2 Å². The highest BCUT2D eigenvalue weighted by atomic mass is 15.0. The van der Waals surface area contributed by atoms with Gasteiger partial charge in [0.15, 0.2) is 0 Å². The molecule has 210 valence electrons. The highest BCUT2D eigenvalue weighted by Gasteiger charge is 2.16. The maximum atomic E-state index is 5.08. The van der Waals surface area contributed by atoms with Gasteiger partial charge in [-0.25, -0.2) is 9.98 Å². The van der Waals surface area contributed by atoms with Crippen molar-refractivity contribution >= 4 is 60.9 Å². The SMILES string of the molecule is C=CC(=NC(=C)/C(C)=C/c1ccccc1C)c1ccc2c(c1)c1c3ccccc3ccc1c1nc3ccccc3n21.CC. The van der Waals surface area contributed by atoms with Gasteiger partial charge in [0.1, 0.15) is 5.65 Å². The summed E-state index contributed by atoms with van der Waals surface area (Å²) in [5.74, 6) is 0. The van der Waals surface area contributed by atoms with Gasteiger partial charge in [-0.3, -0.25) is 4.40 Å². The molecule has 2 heterocycles. The van der Waals surface area contributed by atoms with E-state index < -0.39 is 0 Å². The molecule has 0 spiro atoms. The number of para-hydroxylation sites is 2. The third-order valence-electron chi connectivity index (χ3n) is 8.00. The summed E-state index contributed by atoms with van der Waals surface area (Å²) in [7, 11) is 0. The molecular formula is C40H35N3. The third kappa shape index (κ3) is 4.83. The van der Waals surface area contributed by atoms with Crippen LogP contribution >= 0.6 is 0 Å². The summed E-state index contributed by atoms with van der Waals surface area (Å²) in [4.78, 5) is 10.0. The summed E-state index contributed by atoms with van der Waals surface area (Å²) in [6, 6.07) is 36.2. The van der Waals surface area contributed by atoms with Gasteiger partial charge in [-0.05, 0) is 83.8 Å². The van der Waals surface area contributed by atoms with Gasteiger partial charge in [0.05, 0.1) is 28.0 Å². The van der Waals surface area contributed by atoms with Crippen LogP contribution in [0.2, 0.25) is 0 Å².